The number of ether oxygens (including phenoxy) is 1. The molecule has 29 heavy (non-hydrogen) atoms. The normalized spacial score (nSPS) is 12.1. The van der Waals surface area contributed by atoms with Crippen LogP contribution in [-0.4, -0.2) is 49.5 Å². The molecule has 0 radical (unpaired) electrons. The maximum Gasteiger partial charge on any atom is 0.339 e. The van der Waals surface area contributed by atoms with Crippen molar-refractivity contribution in [2.24, 2.45) is 0 Å². The van der Waals surface area contributed by atoms with Gasteiger partial charge in [-0.3, -0.25) is 14.9 Å². The number of benzene rings is 2. The van der Waals surface area contributed by atoms with Crippen molar-refractivity contribution < 1.29 is 27.7 Å². The molecule has 2 rings (SSSR count). The molecule has 0 saturated carbocycles. The summed E-state index contributed by atoms with van der Waals surface area (Å²) in [4.78, 5) is 35.9. The van der Waals surface area contributed by atoms with Gasteiger partial charge in [0.15, 0.2) is 15.9 Å². The highest BCUT2D eigenvalue weighted by atomic mass is 32.2. The molecule has 9 nitrogen and oxygen atoms in total. The van der Waals surface area contributed by atoms with Crippen molar-refractivity contribution in [3.05, 3.63) is 69.8 Å². The quantitative estimate of drug-likeness (QED) is 0.382. The summed E-state index contributed by atoms with van der Waals surface area (Å²) in [5, 5.41) is 11.2. The van der Waals surface area contributed by atoms with Crippen molar-refractivity contribution in [2.75, 3.05) is 13.3 Å². The van der Waals surface area contributed by atoms with E-state index in [9.17, 15) is 28.1 Å². The molecule has 1 unspecified atom stereocenters. The van der Waals surface area contributed by atoms with Gasteiger partial charge in [0.05, 0.1) is 10.5 Å². The van der Waals surface area contributed by atoms with Gasteiger partial charge >= 0.3 is 5.97 Å². The summed E-state index contributed by atoms with van der Waals surface area (Å²) in [5.74, 6) is -1.42. The lowest BCUT2D eigenvalue weighted by Crippen LogP contribution is -2.37. The molecule has 2 aromatic rings. The zero-order valence-corrected chi connectivity index (χ0v) is 16.9. The second-order valence-corrected chi connectivity index (χ2v) is 8.42. The summed E-state index contributed by atoms with van der Waals surface area (Å²) in [6.07, 6.45) is -0.304. The van der Waals surface area contributed by atoms with E-state index < -0.39 is 43.3 Å². The third-order valence-electron chi connectivity index (χ3n) is 4.06. The molecule has 0 N–H and O–H groups in total. The lowest BCUT2D eigenvalue weighted by Gasteiger charge is -2.21. The maximum atomic E-state index is 12.4. The number of nitrogens with zero attached hydrogens (tertiary/aromatic N) is 2. The Labute approximate surface area is 168 Å². The lowest BCUT2D eigenvalue weighted by molar-refractivity contribution is -0.387. The number of nitro groups is 1. The van der Waals surface area contributed by atoms with Crippen molar-refractivity contribution in [3.8, 4) is 0 Å². The van der Waals surface area contributed by atoms with Gasteiger partial charge in [-0.15, -0.1) is 0 Å². The summed E-state index contributed by atoms with van der Waals surface area (Å²) < 4.78 is 28.4. The number of hydrogen-bond acceptors (Lipinski definition) is 7. The SMILES string of the molecule is CC(OC(=O)c1ccc(S(C)(=O)=O)c([N+](=O)[O-])c1)C(=O)N(C)Cc1ccccc1. The van der Waals surface area contributed by atoms with Gasteiger partial charge in [-0.1, -0.05) is 30.3 Å². The number of nitro benzene ring substituents is 1. The first-order valence-corrected chi connectivity index (χ1v) is 10.4. The Hall–Kier alpha value is -3.27. The Kier molecular flexibility index (Phi) is 6.70. The zero-order valence-electron chi connectivity index (χ0n) is 16.1. The van der Waals surface area contributed by atoms with Crippen molar-refractivity contribution in [1.29, 1.82) is 0 Å². The zero-order chi connectivity index (χ0) is 21.8. The minimum Gasteiger partial charge on any atom is -0.449 e. The molecule has 0 aliphatic heterocycles. The molecule has 10 heteroatoms. The van der Waals surface area contributed by atoms with Gasteiger partial charge in [0, 0.05) is 25.9 Å². The fourth-order valence-corrected chi connectivity index (χ4v) is 3.45. The fourth-order valence-electron chi connectivity index (χ4n) is 2.63. The molecule has 0 bridgehead atoms. The van der Waals surface area contributed by atoms with Crippen molar-refractivity contribution in [3.63, 3.8) is 0 Å². The summed E-state index contributed by atoms with van der Waals surface area (Å²) in [5.41, 5.74) is -0.0644. The molecule has 0 aromatic heterocycles. The minimum atomic E-state index is -3.85. The van der Waals surface area contributed by atoms with E-state index in [4.69, 9.17) is 4.74 Å². The number of rotatable bonds is 7. The molecule has 0 heterocycles. The van der Waals surface area contributed by atoms with E-state index in [1.807, 2.05) is 30.3 Å². The fraction of sp³-hybridized carbons (Fsp3) is 0.263. The summed E-state index contributed by atoms with van der Waals surface area (Å²) in [6.45, 7) is 1.71. The standard InChI is InChI=1S/C19H20N2O7S/c1-13(18(22)20(2)12-14-7-5-4-6-8-14)28-19(23)15-9-10-17(29(3,26)27)16(11-15)21(24)25/h4-11,13H,12H2,1-3H3. The monoisotopic (exact) mass is 420 g/mol. The van der Waals surface area contributed by atoms with Gasteiger partial charge < -0.3 is 9.64 Å². The third-order valence-corrected chi connectivity index (χ3v) is 5.21. The Morgan fingerprint density at radius 1 is 1.17 bits per heavy atom. The Morgan fingerprint density at radius 2 is 1.79 bits per heavy atom. The highest BCUT2D eigenvalue weighted by molar-refractivity contribution is 7.90. The van der Waals surface area contributed by atoms with Gasteiger partial charge in [0.1, 0.15) is 4.90 Å². The van der Waals surface area contributed by atoms with Crippen molar-refractivity contribution >= 4 is 27.4 Å². The first-order valence-electron chi connectivity index (χ1n) is 8.49. The Bertz CT molecular complexity index is 1040. The highest BCUT2D eigenvalue weighted by Gasteiger charge is 2.27. The Morgan fingerprint density at radius 3 is 2.34 bits per heavy atom. The molecule has 2 aromatic carbocycles. The van der Waals surface area contributed by atoms with Crippen LogP contribution in [0.3, 0.4) is 0 Å². The van der Waals surface area contributed by atoms with Crippen LogP contribution >= 0.6 is 0 Å². The van der Waals surface area contributed by atoms with Gasteiger partial charge in [0.2, 0.25) is 0 Å². The topological polar surface area (TPSA) is 124 Å². The van der Waals surface area contributed by atoms with Crippen LogP contribution in [0.2, 0.25) is 0 Å². The van der Waals surface area contributed by atoms with Crippen LogP contribution in [0.1, 0.15) is 22.8 Å². The number of esters is 1. The molecule has 1 amide bonds. The van der Waals surface area contributed by atoms with Gasteiger partial charge in [-0.2, -0.15) is 0 Å². The van der Waals surface area contributed by atoms with E-state index in [-0.39, 0.29) is 5.56 Å². The van der Waals surface area contributed by atoms with Crippen LogP contribution in [0.4, 0.5) is 5.69 Å². The van der Waals surface area contributed by atoms with E-state index in [1.54, 1.807) is 7.05 Å². The molecular formula is C19H20N2O7S. The number of likely N-dealkylation sites (N-methyl/N-ethyl adjacent to an activating group) is 1. The van der Waals surface area contributed by atoms with Crippen LogP contribution in [0.15, 0.2) is 53.4 Å². The van der Waals surface area contributed by atoms with Gasteiger partial charge in [-0.05, 0) is 24.6 Å². The summed E-state index contributed by atoms with van der Waals surface area (Å²) in [6, 6.07) is 12.1. The third kappa shape index (κ3) is 5.61. The largest absolute Gasteiger partial charge is 0.449 e. The van der Waals surface area contributed by atoms with E-state index in [0.717, 1.165) is 30.0 Å². The van der Waals surface area contributed by atoms with Crippen LogP contribution < -0.4 is 0 Å². The number of amides is 1. The maximum absolute atomic E-state index is 12.4. The first-order chi connectivity index (χ1) is 13.5. The molecule has 0 aliphatic rings. The predicted octanol–water partition coefficient (Wildman–Crippen LogP) is 2.20. The van der Waals surface area contributed by atoms with Gasteiger partial charge in [-0.25, -0.2) is 13.2 Å². The van der Waals surface area contributed by atoms with E-state index in [2.05, 4.69) is 0 Å². The summed E-state index contributed by atoms with van der Waals surface area (Å²) >= 11 is 0. The second-order valence-electron chi connectivity index (χ2n) is 6.44. The molecule has 154 valence electrons. The van der Waals surface area contributed by atoms with Gasteiger partial charge in [0.25, 0.3) is 11.6 Å². The highest BCUT2D eigenvalue weighted by Crippen LogP contribution is 2.25. The Balaban J connectivity index is 2.13. The van der Waals surface area contributed by atoms with E-state index >= 15 is 0 Å². The molecular weight excluding hydrogens is 400 g/mol. The summed E-state index contributed by atoms with van der Waals surface area (Å²) in [7, 11) is -2.29. The van der Waals surface area contributed by atoms with Crippen LogP contribution in [0.25, 0.3) is 0 Å². The second kappa shape index (κ2) is 8.82. The molecule has 0 aliphatic carbocycles. The predicted molar refractivity (Wildman–Crippen MR) is 104 cm³/mol. The molecule has 0 spiro atoms. The number of carbonyl (C=O) groups is 2. The molecule has 0 saturated heterocycles. The number of sulfone groups is 1. The average Bonchev–Trinajstić information content (AvgIpc) is 2.66. The van der Waals surface area contributed by atoms with E-state index in [0.29, 0.717) is 6.54 Å². The van der Waals surface area contributed by atoms with Crippen LogP contribution in [0.5, 0.6) is 0 Å². The average molecular weight is 420 g/mol. The van der Waals surface area contributed by atoms with Crippen molar-refractivity contribution in [1.82, 2.24) is 4.90 Å². The number of carbonyl (C=O) groups excluding carboxylic acids is 2. The van der Waals surface area contributed by atoms with E-state index in [1.165, 1.54) is 11.8 Å². The van der Waals surface area contributed by atoms with Crippen LogP contribution in [-0.2, 0) is 25.9 Å². The molecule has 1 atom stereocenters. The van der Waals surface area contributed by atoms with Crippen molar-refractivity contribution in [2.45, 2.75) is 24.5 Å². The van der Waals surface area contributed by atoms with Crippen LogP contribution in [0, 0.1) is 10.1 Å². The minimum absolute atomic E-state index is 0.227. The number of hydrogen-bond donors (Lipinski definition) is 0. The first kappa shape index (κ1) is 22.0. The lowest BCUT2D eigenvalue weighted by atomic mass is 10.2. The smallest absolute Gasteiger partial charge is 0.339 e. The molecule has 0 fully saturated rings.